The van der Waals surface area contributed by atoms with Gasteiger partial charge in [0.2, 0.25) is 5.79 Å². The highest BCUT2D eigenvalue weighted by atomic mass is 16.7. The molecule has 2 aliphatic heterocycles. The fraction of sp³-hybridized carbons (Fsp3) is 0.929. The van der Waals surface area contributed by atoms with Crippen molar-refractivity contribution >= 4 is 5.97 Å². The van der Waals surface area contributed by atoms with Crippen LogP contribution in [-0.2, 0) is 14.3 Å². The molecule has 0 aromatic carbocycles. The highest BCUT2D eigenvalue weighted by Crippen LogP contribution is 2.69. The van der Waals surface area contributed by atoms with Crippen LogP contribution in [-0.4, -0.2) is 17.4 Å². The predicted molar refractivity (Wildman–Crippen MR) is 61.2 cm³/mol. The zero-order valence-electron chi connectivity index (χ0n) is 10.5. The van der Waals surface area contributed by atoms with Crippen molar-refractivity contribution in [2.24, 2.45) is 11.3 Å². The molecule has 0 amide bonds. The van der Waals surface area contributed by atoms with Gasteiger partial charge in [0, 0.05) is 13.3 Å². The maximum atomic E-state index is 12.5. The van der Waals surface area contributed by atoms with Gasteiger partial charge in [-0.3, -0.25) is 4.79 Å². The number of ether oxygens (including phenoxy) is 2. The number of fused-ring (bicyclic) bond motifs is 1. The van der Waals surface area contributed by atoms with Crippen LogP contribution in [0.5, 0.6) is 0 Å². The molecule has 0 unspecified atom stereocenters. The molecule has 2 saturated carbocycles. The molecule has 4 fully saturated rings. The van der Waals surface area contributed by atoms with E-state index in [1.54, 1.807) is 0 Å². The molecular formula is C14H20O3. The Hall–Kier alpha value is -0.570. The summed E-state index contributed by atoms with van der Waals surface area (Å²) in [5.41, 5.74) is -0.411. The van der Waals surface area contributed by atoms with E-state index in [-0.39, 0.29) is 17.0 Å². The van der Waals surface area contributed by atoms with E-state index >= 15 is 0 Å². The van der Waals surface area contributed by atoms with Crippen LogP contribution in [0.3, 0.4) is 0 Å². The van der Waals surface area contributed by atoms with Gasteiger partial charge in [0.1, 0.15) is 0 Å². The molecular weight excluding hydrogens is 216 g/mol. The molecule has 0 N–H and O–H groups in total. The smallest absolute Gasteiger partial charge is 0.317 e. The zero-order chi connectivity index (χ0) is 11.7. The molecule has 2 aliphatic carbocycles. The SMILES string of the molecule is C[C@]12CCC[C@H]3C[C@@]4(CCCC[C@]34O1)C(=O)O2. The minimum absolute atomic E-state index is 0.0455. The average Bonchev–Trinajstić information content (AvgIpc) is 2.32. The number of hydrogen-bond acceptors (Lipinski definition) is 3. The number of carbonyl (C=O) groups excluding carboxylic acids is 1. The van der Waals surface area contributed by atoms with Crippen LogP contribution in [0.1, 0.15) is 58.3 Å². The highest BCUT2D eigenvalue weighted by Gasteiger charge is 2.76. The Kier molecular flexibility index (Phi) is 1.75. The van der Waals surface area contributed by atoms with Gasteiger partial charge in [-0.2, -0.15) is 0 Å². The van der Waals surface area contributed by atoms with Gasteiger partial charge in [-0.1, -0.05) is 12.8 Å². The Morgan fingerprint density at radius 1 is 1.18 bits per heavy atom. The number of carbonyl (C=O) groups is 1. The largest absolute Gasteiger partial charge is 0.433 e. The molecule has 4 rings (SSSR count). The number of hydrogen-bond donors (Lipinski definition) is 0. The Labute approximate surface area is 102 Å². The monoisotopic (exact) mass is 236 g/mol. The minimum atomic E-state index is -0.632. The van der Waals surface area contributed by atoms with Gasteiger partial charge in [-0.25, -0.2) is 0 Å². The van der Waals surface area contributed by atoms with Crippen molar-refractivity contribution in [1.29, 1.82) is 0 Å². The first-order chi connectivity index (χ1) is 8.10. The molecule has 2 bridgehead atoms. The summed E-state index contributed by atoms with van der Waals surface area (Å²) in [5, 5.41) is 0. The van der Waals surface area contributed by atoms with Crippen molar-refractivity contribution in [2.45, 2.75) is 69.7 Å². The standard InChI is InChI=1S/C14H20O3/c1-12-6-4-5-10-9-13(11(15)16-12)7-2-3-8-14(10,13)17-12/h10H,2-9H2,1H3/t10-,12+,13-,14-/m0/s1. The molecule has 94 valence electrons. The maximum Gasteiger partial charge on any atom is 0.317 e. The first-order valence-corrected chi connectivity index (χ1v) is 7.04. The fourth-order valence-electron chi connectivity index (χ4n) is 4.99. The molecule has 4 aliphatic rings. The summed E-state index contributed by atoms with van der Waals surface area (Å²) in [6.07, 6.45) is 8.65. The summed E-state index contributed by atoms with van der Waals surface area (Å²) in [6, 6.07) is 0. The maximum absolute atomic E-state index is 12.5. The molecule has 17 heavy (non-hydrogen) atoms. The summed E-state index contributed by atoms with van der Waals surface area (Å²) < 4.78 is 12.1. The van der Waals surface area contributed by atoms with Crippen LogP contribution in [0.15, 0.2) is 0 Å². The third-order valence-corrected chi connectivity index (χ3v) is 5.75. The van der Waals surface area contributed by atoms with Crippen LogP contribution >= 0.6 is 0 Å². The fourth-order valence-corrected chi connectivity index (χ4v) is 4.99. The highest BCUT2D eigenvalue weighted by molar-refractivity contribution is 5.82. The van der Waals surface area contributed by atoms with Crippen LogP contribution in [0.2, 0.25) is 0 Å². The summed E-state index contributed by atoms with van der Waals surface area (Å²) in [7, 11) is 0. The Morgan fingerprint density at radius 2 is 2.00 bits per heavy atom. The zero-order valence-corrected chi connectivity index (χ0v) is 10.5. The lowest BCUT2D eigenvalue weighted by Gasteiger charge is -2.67. The van der Waals surface area contributed by atoms with E-state index in [0.717, 1.165) is 38.5 Å². The van der Waals surface area contributed by atoms with E-state index in [4.69, 9.17) is 9.47 Å². The number of esters is 1. The second kappa shape index (κ2) is 2.87. The normalized spacial score (nSPS) is 56.3. The first-order valence-electron chi connectivity index (χ1n) is 7.04. The van der Waals surface area contributed by atoms with Crippen LogP contribution in [0.25, 0.3) is 0 Å². The van der Waals surface area contributed by atoms with Crippen molar-refractivity contribution in [1.82, 2.24) is 0 Å². The van der Waals surface area contributed by atoms with Gasteiger partial charge in [0.25, 0.3) is 0 Å². The molecule has 0 aromatic heterocycles. The van der Waals surface area contributed by atoms with Crippen molar-refractivity contribution in [3.05, 3.63) is 0 Å². The summed E-state index contributed by atoms with van der Waals surface area (Å²) in [4.78, 5) is 12.5. The van der Waals surface area contributed by atoms with Gasteiger partial charge in [0.05, 0.1) is 11.0 Å². The van der Waals surface area contributed by atoms with E-state index in [0.29, 0.717) is 5.92 Å². The van der Waals surface area contributed by atoms with E-state index < -0.39 is 5.79 Å². The molecule has 0 aromatic rings. The molecule has 2 saturated heterocycles. The molecule has 4 atom stereocenters. The Bertz CT molecular complexity index is 393. The number of rotatable bonds is 0. The lowest BCUT2D eigenvalue weighted by Crippen LogP contribution is -2.75. The minimum Gasteiger partial charge on any atom is -0.433 e. The second-order valence-corrected chi connectivity index (χ2v) is 6.60. The van der Waals surface area contributed by atoms with Crippen LogP contribution in [0, 0.1) is 11.3 Å². The summed E-state index contributed by atoms with van der Waals surface area (Å²) in [5.74, 6) is 0.0224. The third-order valence-electron chi connectivity index (χ3n) is 5.75. The van der Waals surface area contributed by atoms with Crippen molar-refractivity contribution in [3.8, 4) is 0 Å². The lowest BCUT2D eigenvalue weighted by molar-refractivity contribution is -0.383. The summed E-state index contributed by atoms with van der Waals surface area (Å²) in [6.45, 7) is 1.96. The van der Waals surface area contributed by atoms with E-state index in [9.17, 15) is 4.79 Å². The van der Waals surface area contributed by atoms with E-state index in [1.165, 1.54) is 12.8 Å². The van der Waals surface area contributed by atoms with Crippen molar-refractivity contribution in [2.75, 3.05) is 0 Å². The van der Waals surface area contributed by atoms with Gasteiger partial charge in [0.15, 0.2) is 0 Å². The molecule has 3 nitrogen and oxygen atoms in total. The quantitative estimate of drug-likeness (QED) is 0.607. The first kappa shape index (κ1) is 10.4. The van der Waals surface area contributed by atoms with Gasteiger partial charge < -0.3 is 9.47 Å². The molecule has 2 heterocycles. The van der Waals surface area contributed by atoms with Gasteiger partial charge in [-0.05, 0) is 38.0 Å². The topological polar surface area (TPSA) is 35.5 Å². The average molecular weight is 236 g/mol. The van der Waals surface area contributed by atoms with Gasteiger partial charge >= 0.3 is 5.97 Å². The predicted octanol–water partition coefficient (Wildman–Crippen LogP) is 2.78. The van der Waals surface area contributed by atoms with E-state index in [1.807, 2.05) is 6.92 Å². The van der Waals surface area contributed by atoms with E-state index in [2.05, 4.69) is 0 Å². The lowest BCUT2D eigenvalue weighted by atomic mass is 9.44. The second-order valence-electron chi connectivity index (χ2n) is 6.60. The molecule has 3 heteroatoms. The molecule has 0 radical (unpaired) electrons. The third kappa shape index (κ3) is 1.01. The van der Waals surface area contributed by atoms with Gasteiger partial charge in [-0.15, -0.1) is 0 Å². The molecule has 1 spiro atoms. The van der Waals surface area contributed by atoms with Crippen LogP contribution < -0.4 is 0 Å². The van der Waals surface area contributed by atoms with Crippen molar-refractivity contribution in [3.63, 3.8) is 0 Å². The van der Waals surface area contributed by atoms with Crippen LogP contribution in [0.4, 0.5) is 0 Å². The Morgan fingerprint density at radius 3 is 2.88 bits per heavy atom. The Balaban J connectivity index is 1.84. The van der Waals surface area contributed by atoms with Crippen molar-refractivity contribution < 1.29 is 14.3 Å². The summed E-state index contributed by atoms with van der Waals surface area (Å²) >= 11 is 0.